The number of nitrogens with one attached hydrogen (secondary N) is 1. The third-order valence-electron chi connectivity index (χ3n) is 4.48. The van der Waals surface area contributed by atoms with Gasteiger partial charge in [0.15, 0.2) is 0 Å². The van der Waals surface area contributed by atoms with Gasteiger partial charge < -0.3 is 14.6 Å². The van der Waals surface area contributed by atoms with Crippen molar-refractivity contribution >= 4 is 6.09 Å². The van der Waals surface area contributed by atoms with Crippen LogP contribution >= 0.6 is 0 Å². The number of fused-ring (bicyclic) bond motifs is 1. The van der Waals surface area contributed by atoms with Crippen molar-refractivity contribution in [1.29, 1.82) is 0 Å². The molecule has 1 aromatic heterocycles. The van der Waals surface area contributed by atoms with Crippen LogP contribution in [0.2, 0.25) is 0 Å². The minimum atomic E-state index is -0.533. The van der Waals surface area contributed by atoms with E-state index >= 15 is 0 Å². The normalized spacial score (nSPS) is 18.8. The first-order valence-electron chi connectivity index (χ1n) is 8.43. The second kappa shape index (κ2) is 5.98. The standard InChI is InChI=1S/C17H25N3O3/c1-17(2,3)23-16(22)20-9-8-13-12(10-20)15(21)19-14(18-13)11-6-4-5-7-11/h11H,4-10H2,1-3H3,(H,18,19,21). The number of rotatable bonds is 1. The molecule has 6 nitrogen and oxygen atoms in total. The van der Waals surface area contributed by atoms with Crippen molar-refractivity contribution < 1.29 is 9.53 Å². The van der Waals surface area contributed by atoms with E-state index in [9.17, 15) is 9.59 Å². The number of hydrogen-bond donors (Lipinski definition) is 1. The van der Waals surface area contributed by atoms with Gasteiger partial charge in [0, 0.05) is 18.9 Å². The summed E-state index contributed by atoms with van der Waals surface area (Å²) in [6.07, 6.45) is 4.85. The second-order valence-corrected chi connectivity index (χ2v) is 7.51. The number of aromatic amines is 1. The molecular weight excluding hydrogens is 294 g/mol. The number of aromatic nitrogens is 2. The quantitative estimate of drug-likeness (QED) is 0.863. The van der Waals surface area contributed by atoms with Gasteiger partial charge >= 0.3 is 6.09 Å². The molecule has 126 valence electrons. The lowest BCUT2D eigenvalue weighted by molar-refractivity contribution is 0.0221. The van der Waals surface area contributed by atoms with Gasteiger partial charge in [0.05, 0.1) is 17.8 Å². The topological polar surface area (TPSA) is 75.3 Å². The highest BCUT2D eigenvalue weighted by Crippen LogP contribution is 2.32. The number of amides is 1. The highest BCUT2D eigenvalue weighted by molar-refractivity contribution is 5.68. The van der Waals surface area contributed by atoms with Crippen molar-refractivity contribution in [3.8, 4) is 0 Å². The van der Waals surface area contributed by atoms with Crippen LogP contribution in [-0.2, 0) is 17.7 Å². The minimum absolute atomic E-state index is 0.106. The Hall–Kier alpha value is -1.85. The van der Waals surface area contributed by atoms with Crippen LogP contribution in [0.1, 0.15) is 69.5 Å². The van der Waals surface area contributed by atoms with E-state index in [1.54, 1.807) is 4.90 Å². The summed E-state index contributed by atoms with van der Waals surface area (Å²) >= 11 is 0. The molecule has 0 atom stereocenters. The van der Waals surface area contributed by atoms with Crippen molar-refractivity contribution in [1.82, 2.24) is 14.9 Å². The summed E-state index contributed by atoms with van der Waals surface area (Å²) in [5.41, 5.74) is 0.804. The third kappa shape index (κ3) is 3.57. The Morgan fingerprint density at radius 1 is 1.30 bits per heavy atom. The molecule has 2 aliphatic rings. The van der Waals surface area contributed by atoms with Gasteiger partial charge in [-0.1, -0.05) is 12.8 Å². The molecule has 1 N–H and O–H groups in total. The molecule has 1 amide bonds. The summed E-state index contributed by atoms with van der Waals surface area (Å²) in [5.74, 6) is 1.22. The molecule has 1 fully saturated rings. The fraction of sp³-hybridized carbons (Fsp3) is 0.706. The Bertz CT molecular complexity index is 654. The fourth-order valence-electron chi connectivity index (χ4n) is 3.32. The van der Waals surface area contributed by atoms with E-state index in [0.29, 0.717) is 24.4 Å². The van der Waals surface area contributed by atoms with Crippen LogP contribution in [-0.4, -0.2) is 33.1 Å². The zero-order chi connectivity index (χ0) is 16.6. The van der Waals surface area contributed by atoms with Crippen molar-refractivity contribution in [3.63, 3.8) is 0 Å². The number of carbonyl (C=O) groups excluding carboxylic acids is 1. The number of hydrogen-bond acceptors (Lipinski definition) is 4. The van der Waals surface area contributed by atoms with Crippen molar-refractivity contribution in [2.24, 2.45) is 0 Å². The molecule has 1 aliphatic heterocycles. The first-order valence-corrected chi connectivity index (χ1v) is 8.43. The van der Waals surface area contributed by atoms with Gasteiger partial charge in [0.1, 0.15) is 11.4 Å². The fourth-order valence-corrected chi connectivity index (χ4v) is 3.32. The van der Waals surface area contributed by atoms with Crippen LogP contribution in [0.15, 0.2) is 4.79 Å². The lowest BCUT2D eigenvalue weighted by Gasteiger charge is -2.30. The van der Waals surface area contributed by atoms with Gasteiger partial charge in [-0.25, -0.2) is 9.78 Å². The summed E-state index contributed by atoms with van der Waals surface area (Å²) in [6, 6.07) is 0. The second-order valence-electron chi connectivity index (χ2n) is 7.51. The van der Waals surface area contributed by atoms with Gasteiger partial charge in [-0.15, -0.1) is 0 Å². The molecule has 1 aliphatic carbocycles. The van der Waals surface area contributed by atoms with Crippen molar-refractivity contribution in [2.75, 3.05) is 6.54 Å². The molecule has 1 aromatic rings. The van der Waals surface area contributed by atoms with Gasteiger partial charge in [-0.05, 0) is 33.6 Å². The number of ether oxygens (including phenoxy) is 1. The van der Waals surface area contributed by atoms with Crippen molar-refractivity contribution in [3.05, 3.63) is 27.4 Å². The average Bonchev–Trinajstić information content (AvgIpc) is 2.99. The summed E-state index contributed by atoms with van der Waals surface area (Å²) in [5, 5.41) is 0. The van der Waals surface area contributed by atoms with E-state index in [0.717, 1.165) is 24.4 Å². The maximum absolute atomic E-state index is 12.4. The molecule has 1 saturated carbocycles. The molecule has 0 aromatic carbocycles. The van der Waals surface area contributed by atoms with E-state index in [1.165, 1.54) is 12.8 Å². The molecule has 0 saturated heterocycles. The van der Waals surface area contributed by atoms with E-state index < -0.39 is 5.60 Å². The predicted octanol–water partition coefficient (Wildman–Crippen LogP) is 2.72. The SMILES string of the molecule is CC(C)(C)OC(=O)N1CCc2nc(C3CCCC3)[nH]c(=O)c2C1. The van der Waals surface area contributed by atoms with E-state index in [-0.39, 0.29) is 18.2 Å². The maximum atomic E-state index is 12.4. The van der Waals surface area contributed by atoms with E-state index in [2.05, 4.69) is 4.98 Å². The molecule has 0 radical (unpaired) electrons. The van der Waals surface area contributed by atoms with Crippen LogP contribution < -0.4 is 5.56 Å². The Morgan fingerprint density at radius 2 is 2.00 bits per heavy atom. The van der Waals surface area contributed by atoms with Crippen LogP contribution in [0.3, 0.4) is 0 Å². The largest absolute Gasteiger partial charge is 0.444 e. The molecule has 23 heavy (non-hydrogen) atoms. The molecule has 6 heteroatoms. The van der Waals surface area contributed by atoms with E-state index in [4.69, 9.17) is 9.72 Å². The Balaban J connectivity index is 1.79. The van der Waals surface area contributed by atoms with Gasteiger partial charge in [-0.2, -0.15) is 0 Å². The van der Waals surface area contributed by atoms with Gasteiger partial charge in [0.25, 0.3) is 5.56 Å². The van der Waals surface area contributed by atoms with Crippen molar-refractivity contribution in [2.45, 2.75) is 70.9 Å². The highest BCUT2D eigenvalue weighted by Gasteiger charge is 2.29. The lowest BCUT2D eigenvalue weighted by atomic mass is 10.0. The zero-order valence-electron chi connectivity index (χ0n) is 14.1. The molecule has 2 heterocycles. The maximum Gasteiger partial charge on any atom is 0.410 e. The minimum Gasteiger partial charge on any atom is -0.444 e. The lowest BCUT2D eigenvalue weighted by Crippen LogP contribution is -2.42. The first-order chi connectivity index (χ1) is 10.8. The predicted molar refractivity (Wildman–Crippen MR) is 86.4 cm³/mol. The zero-order valence-corrected chi connectivity index (χ0v) is 14.1. The van der Waals surface area contributed by atoms with Crippen LogP contribution in [0, 0.1) is 0 Å². The average molecular weight is 319 g/mol. The summed E-state index contributed by atoms with van der Waals surface area (Å²) in [7, 11) is 0. The monoisotopic (exact) mass is 319 g/mol. The number of carbonyl (C=O) groups is 1. The Labute approximate surface area is 136 Å². The smallest absolute Gasteiger partial charge is 0.410 e. The molecular formula is C17H25N3O3. The molecule has 3 rings (SSSR count). The number of H-pyrrole nitrogens is 1. The van der Waals surface area contributed by atoms with Crippen LogP contribution in [0.25, 0.3) is 0 Å². The molecule has 0 spiro atoms. The van der Waals surface area contributed by atoms with E-state index in [1.807, 2.05) is 20.8 Å². The van der Waals surface area contributed by atoms with Gasteiger partial charge in [-0.3, -0.25) is 4.79 Å². The first kappa shape index (κ1) is 16.0. The summed E-state index contributed by atoms with van der Waals surface area (Å²) < 4.78 is 5.39. The highest BCUT2D eigenvalue weighted by atomic mass is 16.6. The number of nitrogens with zero attached hydrogens (tertiary/aromatic N) is 2. The summed E-state index contributed by atoms with van der Waals surface area (Å²) in [6.45, 7) is 6.33. The van der Waals surface area contributed by atoms with Crippen LogP contribution in [0.4, 0.5) is 4.79 Å². The van der Waals surface area contributed by atoms with Gasteiger partial charge in [0.2, 0.25) is 0 Å². The Morgan fingerprint density at radius 3 is 2.65 bits per heavy atom. The summed E-state index contributed by atoms with van der Waals surface area (Å²) in [4.78, 5) is 33.8. The third-order valence-corrected chi connectivity index (χ3v) is 4.48. The van der Waals surface area contributed by atoms with Crippen LogP contribution in [0.5, 0.6) is 0 Å². The molecule has 0 bridgehead atoms. The molecule has 0 unspecified atom stereocenters. The Kier molecular flexibility index (Phi) is 4.17.